The SMILES string of the molecule is CN(Cc1nc2ccc(Br)cc2[nH]1)[C@@H]1CCOC1. The van der Waals surface area contributed by atoms with Crippen molar-refractivity contribution in [3.8, 4) is 0 Å². The van der Waals surface area contributed by atoms with E-state index in [-0.39, 0.29) is 0 Å². The Morgan fingerprint density at radius 2 is 2.44 bits per heavy atom. The summed E-state index contributed by atoms with van der Waals surface area (Å²) in [7, 11) is 2.13. The molecule has 1 aliphatic rings. The van der Waals surface area contributed by atoms with Gasteiger partial charge in [0.1, 0.15) is 5.82 Å². The van der Waals surface area contributed by atoms with Crippen molar-refractivity contribution in [2.24, 2.45) is 0 Å². The van der Waals surface area contributed by atoms with Crippen LogP contribution in [-0.4, -0.2) is 41.2 Å². The molecule has 1 aromatic carbocycles. The van der Waals surface area contributed by atoms with E-state index in [2.05, 4.69) is 43.9 Å². The molecule has 0 spiro atoms. The zero-order valence-corrected chi connectivity index (χ0v) is 11.9. The number of ether oxygens (including phenoxy) is 1. The highest BCUT2D eigenvalue weighted by Crippen LogP contribution is 2.19. The highest BCUT2D eigenvalue weighted by molar-refractivity contribution is 9.10. The second-order valence-electron chi connectivity index (χ2n) is 4.78. The molecule has 4 nitrogen and oxygen atoms in total. The third-order valence-corrected chi connectivity index (χ3v) is 3.91. The molecule has 0 unspecified atom stereocenters. The van der Waals surface area contributed by atoms with Crippen LogP contribution in [0.2, 0.25) is 0 Å². The molecule has 3 rings (SSSR count). The average Bonchev–Trinajstić information content (AvgIpc) is 2.95. The number of halogens is 1. The van der Waals surface area contributed by atoms with Crippen molar-refractivity contribution in [3.05, 3.63) is 28.5 Å². The summed E-state index contributed by atoms with van der Waals surface area (Å²) in [4.78, 5) is 10.3. The lowest BCUT2D eigenvalue weighted by atomic mass is 10.2. The minimum Gasteiger partial charge on any atom is -0.380 e. The van der Waals surface area contributed by atoms with Gasteiger partial charge in [-0.3, -0.25) is 4.90 Å². The number of nitrogens with zero attached hydrogens (tertiary/aromatic N) is 2. The number of hydrogen-bond acceptors (Lipinski definition) is 3. The number of H-pyrrole nitrogens is 1. The summed E-state index contributed by atoms with van der Waals surface area (Å²) >= 11 is 3.47. The van der Waals surface area contributed by atoms with E-state index in [1.807, 2.05) is 12.1 Å². The van der Waals surface area contributed by atoms with Crippen molar-refractivity contribution < 1.29 is 4.74 Å². The quantitative estimate of drug-likeness (QED) is 0.947. The second kappa shape index (κ2) is 4.99. The first-order chi connectivity index (χ1) is 8.72. The van der Waals surface area contributed by atoms with Gasteiger partial charge in [0.05, 0.1) is 24.2 Å². The van der Waals surface area contributed by atoms with Crippen molar-refractivity contribution in [2.75, 3.05) is 20.3 Å². The highest BCUT2D eigenvalue weighted by atomic mass is 79.9. The van der Waals surface area contributed by atoms with E-state index >= 15 is 0 Å². The fourth-order valence-corrected chi connectivity index (χ4v) is 2.71. The van der Waals surface area contributed by atoms with Crippen LogP contribution in [0.5, 0.6) is 0 Å². The Morgan fingerprint density at radius 1 is 1.56 bits per heavy atom. The maximum Gasteiger partial charge on any atom is 0.121 e. The van der Waals surface area contributed by atoms with Gasteiger partial charge in [0.25, 0.3) is 0 Å². The number of imidazole rings is 1. The third-order valence-electron chi connectivity index (χ3n) is 3.42. The fourth-order valence-electron chi connectivity index (χ4n) is 2.34. The van der Waals surface area contributed by atoms with Crippen molar-refractivity contribution in [3.63, 3.8) is 0 Å². The smallest absolute Gasteiger partial charge is 0.121 e. The molecule has 1 N–H and O–H groups in total. The highest BCUT2D eigenvalue weighted by Gasteiger charge is 2.21. The van der Waals surface area contributed by atoms with Crippen LogP contribution in [0.4, 0.5) is 0 Å². The molecular weight excluding hydrogens is 294 g/mol. The molecule has 1 aromatic heterocycles. The minimum absolute atomic E-state index is 0.518. The molecule has 2 aromatic rings. The Labute approximate surface area is 114 Å². The Hall–Kier alpha value is -0.910. The van der Waals surface area contributed by atoms with Gasteiger partial charge < -0.3 is 9.72 Å². The number of fused-ring (bicyclic) bond motifs is 1. The van der Waals surface area contributed by atoms with Gasteiger partial charge in [-0.15, -0.1) is 0 Å². The van der Waals surface area contributed by atoms with Gasteiger partial charge in [-0.2, -0.15) is 0 Å². The van der Waals surface area contributed by atoms with Gasteiger partial charge >= 0.3 is 0 Å². The predicted octanol–water partition coefficient (Wildman–Crippen LogP) is 2.55. The molecule has 0 saturated carbocycles. The molecule has 1 fully saturated rings. The van der Waals surface area contributed by atoms with Crippen LogP contribution >= 0.6 is 15.9 Å². The van der Waals surface area contributed by atoms with Gasteiger partial charge in [0.2, 0.25) is 0 Å². The first-order valence-corrected chi connectivity index (χ1v) is 6.94. The molecule has 96 valence electrons. The summed E-state index contributed by atoms with van der Waals surface area (Å²) in [6.07, 6.45) is 1.11. The van der Waals surface area contributed by atoms with Crippen LogP contribution in [0.3, 0.4) is 0 Å². The molecule has 0 amide bonds. The summed E-state index contributed by atoms with van der Waals surface area (Å²) < 4.78 is 6.48. The molecular formula is C13H16BrN3O. The average molecular weight is 310 g/mol. The summed E-state index contributed by atoms with van der Waals surface area (Å²) in [5.74, 6) is 1.01. The van der Waals surface area contributed by atoms with E-state index in [1.54, 1.807) is 0 Å². The molecule has 1 aliphatic heterocycles. The monoisotopic (exact) mass is 309 g/mol. The number of aromatic amines is 1. The lowest BCUT2D eigenvalue weighted by Gasteiger charge is -2.21. The first-order valence-electron chi connectivity index (χ1n) is 6.14. The van der Waals surface area contributed by atoms with Crippen LogP contribution < -0.4 is 0 Å². The molecule has 18 heavy (non-hydrogen) atoms. The minimum atomic E-state index is 0.518. The van der Waals surface area contributed by atoms with Crippen LogP contribution in [0.1, 0.15) is 12.2 Å². The molecule has 0 bridgehead atoms. The normalized spacial score (nSPS) is 20.1. The zero-order chi connectivity index (χ0) is 12.5. The standard InChI is InChI=1S/C13H16BrN3O/c1-17(10-4-5-18-8-10)7-13-15-11-3-2-9(14)6-12(11)16-13/h2-3,6,10H,4-5,7-8H2,1H3,(H,15,16)/t10-/m1/s1. The van der Waals surface area contributed by atoms with Crippen molar-refractivity contribution in [2.45, 2.75) is 19.0 Å². The number of benzene rings is 1. The number of aromatic nitrogens is 2. The summed E-state index contributed by atoms with van der Waals surface area (Å²) in [5.41, 5.74) is 2.10. The molecule has 0 aliphatic carbocycles. The summed E-state index contributed by atoms with van der Waals surface area (Å²) in [6, 6.07) is 6.62. The van der Waals surface area contributed by atoms with E-state index in [4.69, 9.17) is 4.74 Å². The van der Waals surface area contributed by atoms with Crippen molar-refractivity contribution in [1.82, 2.24) is 14.9 Å². The Bertz CT molecular complexity index is 548. The largest absolute Gasteiger partial charge is 0.380 e. The lowest BCUT2D eigenvalue weighted by molar-refractivity contribution is 0.155. The number of hydrogen-bond donors (Lipinski definition) is 1. The Balaban J connectivity index is 1.77. The van der Waals surface area contributed by atoms with Crippen LogP contribution in [0.25, 0.3) is 11.0 Å². The van der Waals surface area contributed by atoms with Gasteiger partial charge in [0.15, 0.2) is 0 Å². The summed E-state index contributed by atoms with van der Waals surface area (Å²) in [5, 5.41) is 0. The Morgan fingerprint density at radius 3 is 3.22 bits per heavy atom. The molecule has 1 saturated heterocycles. The second-order valence-corrected chi connectivity index (χ2v) is 5.69. The van der Waals surface area contributed by atoms with E-state index in [0.717, 1.165) is 47.5 Å². The maximum absolute atomic E-state index is 5.41. The Kier molecular flexibility index (Phi) is 3.37. The molecule has 5 heteroatoms. The number of rotatable bonds is 3. The summed E-state index contributed by atoms with van der Waals surface area (Å²) in [6.45, 7) is 2.55. The fraction of sp³-hybridized carbons (Fsp3) is 0.462. The molecule has 0 radical (unpaired) electrons. The van der Waals surface area contributed by atoms with E-state index in [9.17, 15) is 0 Å². The van der Waals surface area contributed by atoms with Crippen LogP contribution in [-0.2, 0) is 11.3 Å². The predicted molar refractivity (Wildman–Crippen MR) is 74.5 cm³/mol. The number of nitrogens with one attached hydrogen (secondary N) is 1. The maximum atomic E-state index is 5.41. The molecule has 1 atom stereocenters. The van der Waals surface area contributed by atoms with Crippen molar-refractivity contribution >= 4 is 27.0 Å². The van der Waals surface area contributed by atoms with E-state index < -0.39 is 0 Å². The third kappa shape index (κ3) is 2.43. The van der Waals surface area contributed by atoms with Gasteiger partial charge in [-0.25, -0.2) is 4.98 Å². The van der Waals surface area contributed by atoms with Crippen LogP contribution in [0, 0.1) is 0 Å². The zero-order valence-electron chi connectivity index (χ0n) is 10.3. The van der Waals surface area contributed by atoms with Gasteiger partial charge in [-0.1, -0.05) is 15.9 Å². The number of likely N-dealkylation sites (N-methyl/N-ethyl adjacent to an activating group) is 1. The topological polar surface area (TPSA) is 41.2 Å². The lowest BCUT2D eigenvalue weighted by Crippen LogP contribution is -2.31. The van der Waals surface area contributed by atoms with Crippen molar-refractivity contribution in [1.29, 1.82) is 0 Å². The van der Waals surface area contributed by atoms with Gasteiger partial charge in [-0.05, 0) is 31.7 Å². The first kappa shape index (κ1) is 12.1. The van der Waals surface area contributed by atoms with E-state index in [1.165, 1.54) is 0 Å². The van der Waals surface area contributed by atoms with Gasteiger partial charge in [0, 0.05) is 17.1 Å². The van der Waals surface area contributed by atoms with Crippen LogP contribution in [0.15, 0.2) is 22.7 Å². The van der Waals surface area contributed by atoms with E-state index in [0.29, 0.717) is 6.04 Å². The molecule has 2 heterocycles.